The molecule has 0 saturated carbocycles. The standard InChI is InChI=1S/C26H29N3O5/c1-33-20-8-6-18(7-9-20)24(31)29-13-10-19(17-29)25(32)28-14-11-26(12-15-28)16-23(30)27-21-4-2-3-5-22(21)34-26/h2-9,19H,10-17H2,1H3,(H,27,30). The van der Waals surface area contributed by atoms with Gasteiger partial charge in [-0.3, -0.25) is 14.4 Å². The topological polar surface area (TPSA) is 88.2 Å². The second kappa shape index (κ2) is 9.00. The van der Waals surface area contributed by atoms with Gasteiger partial charge in [-0.2, -0.15) is 0 Å². The maximum atomic E-state index is 13.2. The number of ether oxygens (including phenoxy) is 2. The molecule has 3 heterocycles. The number of anilines is 1. The maximum absolute atomic E-state index is 13.2. The highest BCUT2D eigenvalue weighted by molar-refractivity contribution is 5.95. The fourth-order valence-electron chi connectivity index (χ4n) is 5.15. The van der Waals surface area contributed by atoms with Crippen LogP contribution >= 0.6 is 0 Å². The predicted octanol–water partition coefficient (Wildman–Crippen LogP) is 2.94. The first kappa shape index (κ1) is 22.3. The molecule has 3 aliphatic rings. The zero-order valence-electron chi connectivity index (χ0n) is 19.3. The summed E-state index contributed by atoms with van der Waals surface area (Å²) in [6, 6.07) is 14.5. The van der Waals surface area contributed by atoms with E-state index in [4.69, 9.17) is 9.47 Å². The van der Waals surface area contributed by atoms with Crippen molar-refractivity contribution in [2.45, 2.75) is 31.3 Å². The smallest absolute Gasteiger partial charge is 0.253 e. The van der Waals surface area contributed by atoms with Crippen LogP contribution in [0.1, 0.15) is 36.0 Å². The van der Waals surface area contributed by atoms with E-state index in [0.29, 0.717) is 68.2 Å². The second-order valence-electron chi connectivity index (χ2n) is 9.30. The Labute approximate surface area is 198 Å². The molecule has 34 heavy (non-hydrogen) atoms. The lowest BCUT2D eigenvalue weighted by Gasteiger charge is -2.41. The molecule has 8 heteroatoms. The van der Waals surface area contributed by atoms with Crippen molar-refractivity contribution in [2.75, 3.05) is 38.6 Å². The van der Waals surface area contributed by atoms with Crippen LogP contribution in [0.4, 0.5) is 5.69 Å². The first-order valence-corrected chi connectivity index (χ1v) is 11.8. The van der Waals surface area contributed by atoms with Crippen molar-refractivity contribution >= 4 is 23.4 Å². The van der Waals surface area contributed by atoms with E-state index in [1.165, 1.54) is 0 Å². The highest BCUT2D eigenvalue weighted by Crippen LogP contribution is 2.38. The molecule has 2 fully saturated rings. The summed E-state index contributed by atoms with van der Waals surface area (Å²) in [6.45, 7) is 2.07. The third-order valence-corrected chi connectivity index (χ3v) is 7.12. The van der Waals surface area contributed by atoms with Crippen LogP contribution in [0.15, 0.2) is 48.5 Å². The summed E-state index contributed by atoms with van der Waals surface area (Å²) >= 11 is 0. The van der Waals surface area contributed by atoms with Crippen LogP contribution in [0.25, 0.3) is 0 Å². The van der Waals surface area contributed by atoms with Crippen LogP contribution in [0, 0.1) is 5.92 Å². The fraction of sp³-hybridized carbons (Fsp3) is 0.423. The summed E-state index contributed by atoms with van der Waals surface area (Å²) in [7, 11) is 1.59. The molecule has 2 aromatic carbocycles. The van der Waals surface area contributed by atoms with E-state index in [9.17, 15) is 14.4 Å². The van der Waals surface area contributed by atoms with Crippen LogP contribution in [0.5, 0.6) is 11.5 Å². The van der Waals surface area contributed by atoms with Crippen LogP contribution in [-0.2, 0) is 9.59 Å². The average Bonchev–Trinajstić information content (AvgIpc) is 3.30. The van der Waals surface area contributed by atoms with Gasteiger partial charge in [0.05, 0.1) is 25.1 Å². The molecule has 0 radical (unpaired) electrons. The van der Waals surface area contributed by atoms with Crippen molar-refractivity contribution in [2.24, 2.45) is 5.92 Å². The first-order valence-electron chi connectivity index (χ1n) is 11.8. The third-order valence-electron chi connectivity index (χ3n) is 7.12. The molecule has 0 bridgehead atoms. The van der Waals surface area contributed by atoms with Crippen molar-refractivity contribution < 1.29 is 23.9 Å². The summed E-state index contributed by atoms with van der Waals surface area (Å²) in [4.78, 5) is 42.2. The molecule has 8 nitrogen and oxygen atoms in total. The number of rotatable bonds is 3. The number of nitrogens with one attached hydrogen (secondary N) is 1. The predicted molar refractivity (Wildman–Crippen MR) is 126 cm³/mol. The summed E-state index contributed by atoms with van der Waals surface area (Å²) < 4.78 is 11.5. The summed E-state index contributed by atoms with van der Waals surface area (Å²) in [5, 5.41) is 2.92. The number of amides is 3. The zero-order chi connectivity index (χ0) is 23.7. The lowest BCUT2D eigenvalue weighted by Crippen LogP contribution is -2.52. The van der Waals surface area contributed by atoms with E-state index < -0.39 is 5.60 Å². The van der Waals surface area contributed by atoms with Gasteiger partial charge in [-0.05, 0) is 42.8 Å². The molecule has 2 aromatic rings. The Balaban J connectivity index is 1.19. The van der Waals surface area contributed by atoms with Gasteiger partial charge in [0.2, 0.25) is 11.8 Å². The quantitative estimate of drug-likeness (QED) is 0.756. The number of hydrogen-bond donors (Lipinski definition) is 1. The highest BCUT2D eigenvalue weighted by Gasteiger charge is 2.43. The molecule has 1 N–H and O–H groups in total. The molecule has 5 rings (SSSR count). The van der Waals surface area contributed by atoms with Gasteiger partial charge in [0.15, 0.2) is 0 Å². The number of likely N-dealkylation sites (tertiary alicyclic amines) is 2. The Morgan fingerprint density at radius 2 is 1.76 bits per heavy atom. The number of para-hydroxylation sites is 2. The Hall–Kier alpha value is -3.55. The van der Waals surface area contributed by atoms with E-state index in [1.807, 2.05) is 29.2 Å². The second-order valence-corrected chi connectivity index (χ2v) is 9.30. The Bertz CT molecular complexity index is 1090. The third kappa shape index (κ3) is 4.32. The lowest BCUT2D eigenvalue weighted by atomic mass is 9.87. The van der Waals surface area contributed by atoms with Gasteiger partial charge in [0.25, 0.3) is 5.91 Å². The zero-order valence-corrected chi connectivity index (χ0v) is 19.3. The van der Waals surface area contributed by atoms with Gasteiger partial charge in [-0.1, -0.05) is 12.1 Å². The van der Waals surface area contributed by atoms with Crippen LogP contribution in [0.3, 0.4) is 0 Å². The number of carbonyl (C=O) groups excluding carboxylic acids is 3. The number of carbonyl (C=O) groups is 3. The summed E-state index contributed by atoms with van der Waals surface area (Å²) in [5.74, 6) is 1.14. The number of fused-ring (bicyclic) bond motifs is 1. The molecule has 0 aromatic heterocycles. The van der Waals surface area contributed by atoms with Gasteiger partial charge in [-0.25, -0.2) is 0 Å². The van der Waals surface area contributed by atoms with Gasteiger partial charge >= 0.3 is 0 Å². The monoisotopic (exact) mass is 463 g/mol. The molecular weight excluding hydrogens is 434 g/mol. The van der Waals surface area contributed by atoms with Crippen LogP contribution < -0.4 is 14.8 Å². The van der Waals surface area contributed by atoms with Gasteiger partial charge in [0, 0.05) is 44.6 Å². The van der Waals surface area contributed by atoms with Crippen LogP contribution in [0.2, 0.25) is 0 Å². The largest absolute Gasteiger partial charge is 0.497 e. The highest BCUT2D eigenvalue weighted by atomic mass is 16.5. The molecular formula is C26H29N3O5. The van der Waals surface area contributed by atoms with E-state index in [2.05, 4.69) is 5.32 Å². The Kier molecular flexibility index (Phi) is 5.89. The molecule has 1 atom stereocenters. The van der Waals surface area contributed by atoms with E-state index in [-0.39, 0.29) is 30.1 Å². The van der Waals surface area contributed by atoms with Crippen molar-refractivity contribution in [1.82, 2.24) is 9.80 Å². The van der Waals surface area contributed by atoms with Gasteiger partial charge in [-0.15, -0.1) is 0 Å². The molecule has 178 valence electrons. The Morgan fingerprint density at radius 1 is 1.03 bits per heavy atom. The van der Waals surface area contributed by atoms with Crippen molar-refractivity contribution in [3.63, 3.8) is 0 Å². The van der Waals surface area contributed by atoms with E-state index in [1.54, 1.807) is 36.3 Å². The van der Waals surface area contributed by atoms with Crippen LogP contribution in [-0.4, -0.2) is 66.4 Å². The fourth-order valence-corrected chi connectivity index (χ4v) is 5.15. The molecule has 1 spiro atoms. The molecule has 2 saturated heterocycles. The number of nitrogens with zero attached hydrogens (tertiary/aromatic N) is 2. The molecule has 3 amide bonds. The Morgan fingerprint density at radius 3 is 2.50 bits per heavy atom. The van der Waals surface area contributed by atoms with Crippen molar-refractivity contribution in [3.8, 4) is 11.5 Å². The SMILES string of the molecule is COc1ccc(C(=O)N2CCC(C(=O)N3CCC4(CC3)CC(=O)Nc3ccccc3O4)C2)cc1. The number of benzene rings is 2. The minimum Gasteiger partial charge on any atom is -0.497 e. The number of hydrogen-bond acceptors (Lipinski definition) is 5. The molecule has 3 aliphatic heterocycles. The molecule has 1 unspecified atom stereocenters. The van der Waals surface area contributed by atoms with Gasteiger partial charge < -0.3 is 24.6 Å². The minimum absolute atomic E-state index is 0.0618. The molecule has 0 aliphatic carbocycles. The maximum Gasteiger partial charge on any atom is 0.253 e. The normalized spacial score (nSPS) is 21.3. The van der Waals surface area contributed by atoms with E-state index >= 15 is 0 Å². The van der Waals surface area contributed by atoms with E-state index in [0.717, 1.165) is 0 Å². The summed E-state index contributed by atoms with van der Waals surface area (Å²) in [6.07, 6.45) is 2.13. The number of methoxy groups -OCH3 is 1. The number of piperidine rings is 1. The van der Waals surface area contributed by atoms with Gasteiger partial charge in [0.1, 0.15) is 17.1 Å². The first-order chi connectivity index (χ1) is 16.5. The average molecular weight is 464 g/mol. The van der Waals surface area contributed by atoms with Crippen molar-refractivity contribution in [3.05, 3.63) is 54.1 Å². The minimum atomic E-state index is -0.598. The lowest BCUT2D eigenvalue weighted by molar-refractivity contribution is -0.139. The summed E-state index contributed by atoms with van der Waals surface area (Å²) in [5.41, 5.74) is 0.688. The van der Waals surface area contributed by atoms with Crippen molar-refractivity contribution in [1.29, 1.82) is 0 Å².